The highest BCUT2D eigenvalue weighted by molar-refractivity contribution is 7.13. The van der Waals surface area contributed by atoms with Gasteiger partial charge >= 0.3 is 0 Å². The average molecular weight is 1000 g/mol. The highest BCUT2D eigenvalue weighted by atomic mass is 32.1. The van der Waals surface area contributed by atoms with Gasteiger partial charge in [0.05, 0.1) is 32.3 Å². The van der Waals surface area contributed by atoms with Crippen LogP contribution in [0.15, 0.2) is 35.4 Å². The van der Waals surface area contributed by atoms with Gasteiger partial charge in [-0.05, 0) is 75.6 Å². The maximum atomic E-state index is 15.5. The zero-order valence-electron chi connectivity index (χ0n) is 46.7. The second-order valence-electron chi connectivity index (χ2n) is 22.3. The predicted molar refractivity (Wildman–Crippen MR) is 310 cm³/mol. The smallest absolute Gasteiger partial charge is 0.261 e. The molecule has 0 saturated carbocycles. The van der Waals surface area contributed by atoms with E-state index in [2.05, 4.69) is 75.6 Å². The molecule has 4 nitrogen and oxygen atoms in total. The number of unbranched alkanes of at least 4 members (excludes halogenated alkanes) is 32. The topological polar surface area (TPSA) is 40.6 Å². The van der Waals surface area contributed by atoms with Crippen LogP contribution in [0.4, 0.5) is 0 Å². The number of nitrogens with zero attached hydrogens (tertiary/aromatic N) is 2. The van der Waals surface area contributed by atoms with E-state index in [1.807, 2.05) is 0 Å². The summed E-state index contributed by atoms with van der Waals surface area (Å²) < 4.78 is 0. The van der Waals surface area contributed by atoms with Gasteiger partial charge in [-0.1, -0.05) is 259 Å². The fourth-order valence-corrected chi connectivity index (χ4v) is 13.4. The van der Waals surface area contributed by atoms with Crippen LogP contribution in [0.3, 0.4) is 0 Å². The van der Waals surface area contributed by atoms with Gasteiger partial charge in [-0.25, -0.2) is 0 Å². The van der Waals surface area contributed by atoms with Crippen LogP contribution in [0.25, 0.3) is 11.4 Å². The van der Waals surface area contributed by atoms with Gasteiger partial charge in [0, 0.05) is 22.8 Å². The van der Waals surface area contributed by atoms with Gasteiger partial charge in [-0.3, -0.25) is 9.59 Å². The number of rotatable bonds is 46. The minimum Gasteiger partial charge on any atom is -0.306 e. The highest BCUT2D eigenvalue weighted by Crippen LogP contribution is 2.49. The summed E-state index contributed by atoms with van der Waals surface area (Å²) in [4.78, 5) is 39.8. The van der Waals surface area contributed by atoms with Crippen molar-refractivity contribution >= 4 is 45.9 Å². The van der Waals surface area contributed by atoms with Crippen molar-refractivity contribution < 1.29 is 9.59 Å². The van der Waals surface area contributed by atoms with Gasteiger partial charge in [0.15, 0.2) is 0 Å². The normalized spacial score (nSPS) is 14.9. The first-order valence-electron chi connectivity index (χ1n) is 30.6. The summed E-state index contributed by atoms with van der Waals surface area (Å²) in [7, 11) is 0. The van der Waals surface area contributed by atoms with Gasteiger partial charge in [0.2, 0.25) is 0 Å². The first-order chi connectivity index (χ1) is 34.3. The molecule has 0 aromatic carbocycles. The van der Waals surface area contributed by atoms with Crippen molar-refractivity contribution in [3.05, 3.63) is 54.9 Å². The molecule has 2 amide bonds. The van der Waals surface area contributed by atoms with Crippen molar-refractivity contribution in [2.45, 2.75) is 298 Å². The maximum absolute atomic E-state index is 15.5. The Morgan fingerprint density at radius 3 is 0.786 bits per heavy atom. The quantitative estimate of drug-likeness (QED) is 0.0620. The van der Waals surface area contributed by atoms with E-state index in [4.69, 9.17) is 0 Å². The molecule has 4 heterocycles. The van der Waals surface area contributed by atoms with E-state index in [9.17, 15) is 0 Å². The second-order valence-corrected chi connectivity index (χ2v) is 24.9. The highest BCUT2D eigenvalue weighted by Gasteiger charge is 2.50. The molecule has 0 aliphatic carbocycles. The van der Waals surface area contributed by atoms with Gasteiger partial charge < -0.3 is 9.80 Å². The molecule has 0 spiro atoms. The number of amides is 2. The Morgan fingerprint density at radius 2 is 0.571 bits per heavy atom. The first-order valence-corrected chi connectivity index (χ1v) is 32.2. The van der Waals surface area contributed by atoms with Gasteiger partial charge in [0.25, 0.3) is 11.8 Å². The lowest BCUT2D eigenvalue weighted by Crippen LogP contribution is -2.34. The third kappa shape index (κ3) is 22.1. The Balaban J connectivity index is 1.56. The number of hydrogen-bond acceptors (Lipinski definition) is 4. The third-order valence-electron chi connectivity index (χ3n) is 15.9. The molecule has 2 unspecified atom stereocenters. The van der Waals surface area contributed by atoms with E-state index in [1.54, 1.807) is 22.7 Å². The summed E-state index contributed by atoms with van der Waals surface area (Å²) in [6, 6.07) is 8.77. The molecule has 2 aromatic rings. The predicted octanol–water partition coefficient (Wildman–Crippen LogP) is 21.1. The van der Waals surface area contributed by atoms with Crippen molar-refractivity contribution in [3.63, 3.8) is 0 Å². The SMILES string of the molecule is CCCCCCCCCCCCC(CCCCCCCCCC)CN1C(=O)C2=C(c3ccc(C)s3)N(CC(CCCCCCCCCC)CCCCCCCCCCCC)C(=O)C2=C1c1ccc(C)s1. The number of fused-ring (bicyclic) bond motifs is 1. The molecule has 0 fully saturated rings. The standard InChI is InChI=1S/C64H108N2O2S2/c1-7-11-15-19-23-27-29-33-37-41-45-55(43-39-35-31-25-21-17-13-9-3)51-65-61(57-49-47-53(5)69-57)59-60(63(65)67)62(58-50-48-54(6)70-58)66(64(59)68)52-56(44-40-36-32-26-22-18-14-10-4)46-42-38-34-30-28-24-20-16-12-8-2/h47-50,55-56H,7-46,51-52H2,1-6H3. The number of aryl methyl sites for hydroxylation is 2. The minimum absolute atomic E-state index is 0.0753. The Kier molecular flexibility index (Phi) is 32.4. The maximum Gasteiger partial charge on any atom is 0.261 e. The summed E-state index contributed by atoms with van der Waals surface area (Å²) in [5.74, 6) is 1.02. The molecule has 0 N–H and O–H groups in total. The van der Waals surface area contributed by atoms with Crippen molar-refractivity contribution in [2.75, 3.05) is 13.1 Å². The van der Waals surface area contributed by atoms with Crippen LogP contribution in [0.2, 0.25) is 0 Å². The van der Waals surface area contributed by atoms with Crippen LogP contribution >= 0.6 is 22.7 Å². The molecule has 398 valence electrons. The van der Waals surface area contributed by atoms with Crippen LogP contribution in [0, 0.1) is 25.7 Å². The average Bonchev–Trinajstić information content (AvgIpc) is 4.12. The summed E-state index contributed by atoms with van der Waals surface area (Å²) >= 11 is 3.51. The van der Waals surface area contributed by atoms with E-state index >= 15 is 9.59 Å². The Hall–Kier alpha value is -2.18. The summed E-state index contributed by atoms with van der Waals surface area (Å²) in [5.41, 5.74) is 3.22. The molecular weight excluding hydrogens is 893 g/mol. The van der Waals surface area contributed by atoms with E-state index in [1.165, 1.54) is 254 Å². The van der Waals surface area contributed by atoms with Crippen molar-refractivity contribution in [1.29, 1.82) is 0 Å². The Morgan fingerprint density at radius 1 is 0.343 bits per heavy atom. The summed E-state index contributed by atoms with van der Waals surface area (Å²) in [6.07, 6.45) is 52.7. The molecule has 0 saturated heterocycles. The van der Waals surface area contributed by atoms with Crippen molar-refractivity contribution in [1.82, 2.24) is 9.80 Å². The van der Waals surface area contributed by atoms with E-state index in [0.717, 1.165) is 47.1 Å². The minimum atomic E-state index is 0.0753. The van der Waals surface area contributed by atoms with Gasteiger partial charge in [-0.15, -0.1) is 22.7 Å². The van der Waals surface area contributed by atoms with E-state index in [-0.39, 0.29) is 11.8 Å². The lowest BCUT2D eigenvalue weighted by molar-refractivity contribution is -0.124. The molecular formula is C64H108N2O2S2. The van der Waals surface area contributed by atoms with Crippen LogP contribution in [-0.4, -0.2) is 34.7 Å². The van der Waals surface area contributed by atoms with Gasteiger partial charge in [0.1, 0.15) is 0 Å². The van der Waals surface area contributed by atoms with Crippen molar-refractivity contribution in [2.24, 2.45) is 11.8 Å². The molecule has 4 rings (SSSR count). The molecule has 2 aromatic heterocycles. The number of carbonyl (C=O) groups is 2. The van der Waals surface area contributed by atoms with Crippen LogP contribution in [-0.2, 0) is 9.59 Å². The second kappa shape index (κ2) is 37.5. The molecule has 0 bridgehead atoms. The van der Waals surface area contributed by atoms with Gasteiger partial charge in [-0.2, -0.15) is 0 Å². The number of carbonyl (C=O) groups excluding carboxylic acids is 2. The lowest BCUT2D eigenvalue weighted by atomic mass is 9.93. The molecule has 2 aliphatic rings. The third-order valence-corrected chi connectivity index (χ3v) is 17.9. The Bertz CT molecular complexity index is 1620. The fraction of sp³-hybridized carbons (Fsp3) is 0.781. The van der Waals surface area contributed by atoms with E-state index < -0.39 is 0 Å². The zero-order chi connectivity index (χ0) is 50.0. The first kappa shape index (κ1) is 60.4. The fourth-order valence-electron chi connectivity index (χ4n) is 11.5. The Labute approximate surface area is 441 Å². The molecule has 70 heavy (non-hydrogen) atoms. The van der Waals surface area contributed by atoms with Crippen LogP contribution in [0.5, 0.6) is 0 Å². The van der Waals surface area contributed by atoms with Crippen LogP contribution in [0.1, 0.15) is 304 Å². The number of hydrogen-bond donors (Lipinski definition) is 0. The van der Waals surface area contributed by atoms with Crippen LogP contribution < -0.4 is 0 Å². The number of thiophene rings is 2. The monoisotopic (exact) mass is 1000 g/mol. The van der Waals surface area contributed by atoms with E-state index in [0.29, 0.717) is 23.0 Å². The molecule has 2 aliphatic heterocycles. The molecule has 0 radical (unpaired) electrons. The lowest BCUT2D eigenvalue weighted by Gasteiger charge is -2.29. The largest absolute Gasteiger partial charge is 0.306 e. The molecule has 2 atom stereocenters. The molecule has 6 heteroatoms. The van der Waals surface area contributed by atoms with Crippen molar-refractivity contribution in [3.8, 4) is 0 Å². The summed E-state index contributed by atoms with van der Waals surface area (Å²) in [6.45, 7) is 15.0. The zero-order valence-corrected chi connectivity index (χ0v) is 48.3. The summed E-state index contributed by atoms with van der Waals surface area (Å²) in [5, 5.41) is 0.